The second-order valence-corrected chi connectivity index (χ2v) is 8.40. The van der Waals surface area contributed by atoms with Crippen molar-refractivity contribution in [3.05, 3.63) is 29.8 Å². The number of amides is 3. The molecule has 1 aromatic rings. The quantitative estimate of drug-likeness (QED) is 0.830. The number of imide groups is 1. The van der Waals surface area contributed by atoms with Gasteiger partial charge in [-0.15, -0.1) is 0 Å². The fraction of sp³-hybridized carbons (Fsp3) is 0.619. The van der Waals surface area contributed by atoms with Crippen molar-refractivity contribution in [3.8, 4) is 5.75 Å². The molecule has 27 heavy (non-hydrogen) atoms. The Balaban J connectivity index is 1.78. The second kappa shape index (κ2) is 9.22. The van der Waals surface area contributed by atoms with Gasteiger partial charge in [0.15, 0.2) is 0 Å². The highest BCUT2D eigenvalue weighted by atomic mass is 16.5. The van der Waals surface area contributed by atoms with Gasteiger partial charge < -0.3 is 10.1 Å². The topological polar surface area (TPSA) is 70.7 Å². The van der Waals surface area contributed by atoms with Gasteiger partial charge in [0.05, 0.1) is 13.2 Å². The molecule has 150 valence electrons. The summed E-state index contributed by atoms with van der Waals surface area (Å²) in [5.74, 6) is 1.25. The third-order valence-electron chi connectivity index (χ3n) is 4.98. The number of nitrogens with zero attached hydrogens (tertiary/aromatic N) is 1. The van der Waals surface area contributed by atoms with Crippen molar-refractivity contribution in [2.24, 2.45) is 5.92 Å². The lowest BCUT2D eigenvalue weighted by Gasteiger charge is -2.35. The summed E-state index contributed by atoms with van der Waals surface area (Å²) in [6.07, 6.45) is 3.15. The number of ether oxygens (including phenoxy) is 1. The van der Waals surface area contributed by atoms with E-state index >= 15 is 0 Å². The van der Waals surface area contributed by atoms with E-state index in [2.05, 4.69) is 27.7 Å². The van der Waals surface area contributed by atoms with Gasteiger partial charge in [0.25, 0.3) is 0 Å². The fourth-order valence-electron chi connectivity index (χ4n) is 3.39. The average Bonchev–Trinajstić information content (AvgIpc) is 2.60. The maximum atomic E-state index is 12.3. The van der Waals surface area contributed by atoms with E-state index < -0.39 is 6.03 Å². The first kappa shape index (κ1) is 21.2. The Morgan fingerprint density at radius 3 is 2.30 bits per heavy atom. The first-order valence-electron chi connectivity index (χ1n) is 9.68. The SMILES string of the molecule is COc1ccc(CC2CCN(C(C)C(=O)NC(=O)NC(C)(C)C)CC2)cc1. The molecule has 0 bridgehead atoms. The molecule has 6 heteroatoms. The lowest BCUT2D eigenvalue weighted by molar-refractivity contribution is -0.125. The van der Waals surface area contributed by atoms with Gasteiger partial charge in [0.2, 0.25) is 5.91 Å². The predicted octanol–water partition coefficient (Wildman–Crippen LogP) is 2.96. The molecule has 2 N–H and O–H groups in total. The molecule has 0 saturated carbocycles. The average molecular weight is 376 g/mol. The lowest BCUT2D eigenvalue weighted by atomic mass is 9.89. The zero-order valence-corrected chi connectivity index (χ0v) is 17.2. The molecule has 3 amide bonds. The smallest absolute Gasteiger partial charge is 0.321 e. The van der Waals surface area contributed by atoms with Gasteiger partial charge in [0.1, 0.15) is 5.75 Å². The molecule has 0 aromatic heterocycles. The number of hydrogen-bond acceptors (Lipinski definition) is 4. The number of benzene rings is 1. The van der Waals surface area contributed by atoms with Crippen molar-refractivity contribution in [3.63, 3.8) is 0 Å². The molecule has 0 spiro atoms. The molecule has 1 aliphatic rings. The molecule has 2 rings (SSSR count). The Bertz CT molecular complexity index is 629. The number of carbonyl (C=O) groups excluding carboxylic acids is 2. The van der Waals surface area contributed by atoms with Crippen LogP contribution >= 0.6 is 0 Å². The number of hydrogen-bond donors (Lipinski definition) is 2. The summed E-state index contributed by atoms with van der Waals surface area (Å²) in [5, 5.41) is 5.20. The Morgan fingerprint density at radius 2 is 1.78 bits per heavy atom. The molecule has 1 atom stereocenters. The van der Waals surface area contributed by atoms with E-state index in [0.29, 0.717) is 5.92 Å². The number of nitrogens with one attached hydrogen (secondary N) is 2. The lowest BCUT2D eigenvalue weighted by Crippen LogP contribution is -2.54. The molecule has 1 heterocycles. The minimum Gasteiger partial charge on any atom is -0.497 e. The van der Waals surface area contributed by atoms with Crippen molar-refractivity contribution in [2.45, 2.75) is 58.5 Å². The summed E-state index contributed by atoms with van der Waals surface area (Å²) in [5.41, 5.74) is 0.951. The van der Waals surface area contributed by atoms with Crippen molar-refractivity contribution in [1.82, 2.24) is 15.5 Å². The molecule has 6 nitrogen and oxygen atoms in total. The van der Waals surface area contributed by atoms with Gasteiger partial charge >= 0.3 is 6.03 Å². The second-order valence-electron chi connectivity index (χ2n) is 8.40. The zero-order valence-electron chi connectivity index (χ0n) is 17.2. The molecule has 1 aliphatic heterocycles. The molecular formula is C21H33N3O3. The van der Waals surface area contributed by atoms with Crippen molar-refractivity contribution in [1.29, 1.82) is 0 Å². The Hall–Kier alpha value is -2.08. The number of urea groups is 1. The van der Waals surface area contributed by atoms with Gasteiger partial charge in [-0.2, -0.15) is 0 Å². The molecule has 0 radical (unpaired) electrons. The highest BCUT2D eigenvalue weighted by molar-refractivity contribution is 5.97. The van der Waals surface area contributed by atoms with Crippen LogP contribution in [-0.4, -0.2) is 48.6 Å². The van der Waals surface area contributed by atoms with E-state index in [9.17, 15) is 9.59 Å². The van der Waals surface area contributed by atoms with Crippen LogP contribution in [0.1, 0.15) is 46.1 Å². The summed E-state index contributed by atoms with van der Waals surface area (Å²) in [6, 6.07) is 7.50. The Kier molecular flexibility index (Phi) is 7.25. The van der Waals surface area contributed by atoms with Crippen molar-refractivity contribution in [2.75, 3.05) is 20.2 Å². The monoisotopic (exact) mass is 375 g/mol. The van der Waals surface area contributed by atoms with Crippen LogP contribution < -0.4 is 15.4 Å². The first-order chi connectivity index (χ1) is 12.7. The molecular weight excluding hydrogens is 342 g/mol. The van der Waals surface area contributed by atoms with E-state index in [-0.39, 0.29) is 17.5 Å². The summed E-state index contributed by atoms with van der Waals surface area (Å²) in [7, 11) is 1.68. The van der Waals surface area contributed by atoms with Gasteiger partial charge in [0, 0.05) is 5.54 Å². The number of rotatable bonds is 5. The summed E-state index contributed by atoms with van der Waals surface area (Å²) < 4.78 is 5.20. The van der Waals surface area contributed by atoms with Crippen molar-refractivity contribution >= 4 is 11.9 Å². The van der Waals surface area contributed by atoms with Crippen LogP contribution in [0.15, 0.2) is 24.3 Å². The minimum absolute atomic E-state index is 0.245. The number of methoxy groups -OCH3 is 1. The largest absolute Gasteiger partial charge is 0.497 e. The van der Waals surface area contributed by atoms with E-state index in [1.54, 1.807) is 7.11 Å². The van der Waals surface area contributed by atoms with Crippen LogP contribution in [0, 0.1) is 5.92 Å². The van der Waals surface area contributed by atoms with Crippen molar-refractivity contribution < 1.29 is 14.3 Å². The summed E-state index contributed by atoms with van der Waals surface area (Å²) in [6.45, 7) is 9.26. The highest BCUT2D eigenvalue weighted by Crippen LogP contribution is 2.24. The van der Waals surface area contributed by atoms with Gasteiger partial charge in [-0.05, 0) is 83.7 Å². The van der Waals surface area contributed by atoms with E-state index in [4.69, 9.17) is 4.74 Å². The highest BCUT2D eigenvalue weighted by Gasteiger charge is 2.28. The van der Waals surface area contributed by atoms with Gasteiger partial charge in [-0.25, -0.2) is 4.79 Å². The number of likely N-dealkylation sites (tertiary alicyclic amines) is 1. The van der Waals surface area contributed by atoms with Crippen LogP contribution in [0.5, 0.6) is 5.75 Å². The maximum absolute atomic E-state index is 12.3. The zero-order chi connectivity index (χ0) is 20.0. The summed E-state index contributed by atoms with van der Waals surface area (Å²) in [4.78, 5) is 26.4. The molecule has 1 fully saturated rings. The van der Waals surface area contributed by atoms with E-state index in [1.807, 2.05) is 39.8 Å². The molecule has 0 aliphatic carbocycles. The normalized spacial score (nSPS) is 17.2. The van der Waals surface area contributed by atoms with Gasteiger partial charge in [-0.3, -0.25) is 15.0 Å². The van der Waals surface area contributed by atoms with Gasteiger partial charge in [-0.1, -0.05) is 12.1 Å². The van der Waals surface area contributed by atoms with Crippen LogP contribution in [-0.2, 0) is 11.2 Å². The summed E-state index contributed by atoms with van der Waals surface area (Å²) >= 11 is 0. The van der Waals surface area contributed by atoms with Crippen LogP contribution in [0.3, 0.4) is 0 Å². The van der Waals surface area contributed by atoms with Crippen LogP contribution in [0.25, 0.3) is 0 Å². The third kappa shape index (κ3) is 6.86. The first-order valence-corrected chi connectivity index (χ1v) is 9.68. The molecule has 1 aromatic carbocycles. The van der Waals surface area contributed by atoms with Crippen LogP contribution in [0.2, 0.25) is 0 Å². The Morgan fingerprint density at radius 1 is 1.19 bits per heavy atom. The maximum Gasteiger partial charge on any atom is 0.321 e. The fourth-order valence-corrected chi connectivity index (χ4v) is 3.39. The van der Waals surface area contributed by atoms with Crippen LogP contribution in [0.4, 0.5) is 4.79 Å². The predicted molar refractivity (Wildman–Crippen MR) is 107 cm³/mol. The third-order valence-corrected chi connectivity index (χ3v) is 4.98. The standard InChI is InChI=1S/C21H33N3O3/c1-15(19(25)22-20(26)23-21(2,3)4)24-12-10-17(11-13-24)14-16-6-8-18(27-5)9-7-16/h6-9,15,17H,10-14H2,1-5H3,(H2,22,23,25,26). The van der Waals surface area contributed by atoms with E-state index in [1.165, 1.54) is 5.56 Å². The number of carbonyl (C=O) groups is 2. The molecule has 1 saturated heterocycles. The molecule has 1 unspecified atom stereocenters. The number of piperidine rings is 1. The minimum atomic E-state index is -0.436. The Labute approximate surface area is 162 Å². The van der Waals surface area contributed by atoms with E-state index in [0.717, 1.165) is 38.1 Å².